The Bertz CT molecular complexity index is 1660. The molecule has 4 aromatic carbocycles. The van der Waals surface area contributed by atoms with Crippen molar-refractivity contribution in [3.8, 4) is 5.75 Å². The Morgan fingerprint density at radius 2 is 1.49 bits per heavy atom. The monoisotopic (exact) mass is 599 g/mol. The molecular weight excluding hydrogens is 562 g/mol. The van der Waals surface area contributed by atoms with Crippen molar-refractivity contribution in [2.45, 2.75) is 37.8 Å². The van der Waals surface area contributed by atoms with Crippen molar-refractivity contribution in [2.75, 3.05) is 25.0 Å². The minimum atomic E-state index is -4.15. The second-order valence-electron chi connectivity index (χ2n) is 10.3. The molecule has 0 aliphatic heterocycles. The van der Waals surface area contributed by atoms with E-state index in [1.54, 1.807) is 43.5 Å². The van der Waals surface area contributed by atoms with Crippen LogP contribution in [0.1, 0.15) is 22.3 Å². The first kappa shape index (κ1) is 31.3. The molecule has 8 nitrogen and oxygen atoms in total. The molecule has 0 aromatic heterocycles. The van der Waals surface area contributed by atoms with E-state index in [-0.39, 0.29) is 23.8 Å². The predicted molar refractivity (Wildman–Crippen MR) is 168 cm³/mol. The molecule has 0 fully saturated rings. The summed E-state index contributed by atoms with van der Waals surface area (Å²) in [6.45, 7) is 3.29. The Morgan fingerprint density at radius 1 is 0.837 bits per heavy atom. The average molecular weight is 600 g/mol. The van der Waals surface area contributed by atoms with Gasteiger partial charge in [-0.2, -0.15) is 0 Å². The standard InChI is InChI=1S/C34H37N3O5S/c1-25-18-19-31(26(2)20-25)37(43(40,41)30-16-9-6-10-17-30)24-33(38)36(23-28-14-11-15-29(21-28)42-4)32(34(39)35-3)22-27-12-7-5-8-13-27/h5-21,32H,22-24H2,1-4H3,(H,35,39)/t32-/m0/s1. The van der Waals surface area contributed by atoms with Gasteiger partial charge in [0.25, 0.3) is 10.0 Å². The highest BCUT2D eigenvalue weighted by Gasteiger charge is 2.34. The lowest BCUT2D eigenvalue weighted by atomic mass is 10.0. The van der Waals surface area contributed by atoms with Crippen LogP contribution in [0.25, 0.3) is 0 Å². The third-order valence-electron chi connectivity index (χ3n) is 7.24. The van der Waals surface area contributed by atoms with Crippen molar-refractivity contribution in [3.63, 3.8) is 0 Å². The number of nitrogens with zero attached hydrogens (tertiary/aromatic N) is 2. The third-order valence-corrected chi connectivity index (χ3v) is 9.01. The minimum absolute atomic E-state index is 0.0626. The number of anilines is 1. The van der Waals surface area contributed by atoms with Gasteiger partial charge in [-0.05, 0) is 60.9 Å². The first-order valence-electron chi connectivity index (χ1n) is 14.0. The molecule has 0 radical (unpaired) electrons. The van der Waals surface area contributed by atoms with Gasteiger partial charge in [0, 0.05) is 20.0 Å². The molecule has 0 bridgehead atoms. The number of hydrogen-bond acceptors (Lipinski definition) is 5. The first-order valence-corrected chi connectivity index (χ1v) is 15.4. The van der Waals surface area contributed by atoms with E-state index in [2.05, 4.69) is 5.32 Å². The summed E-state index contributed by atoms with van der Waals surface area (Å²) < 4.78 is 34.7. The van der Waals surface area contributed by atoms with E-state index in [9.17, 15) is 18.0 Å². The summed E-state index contributed by atoms with van der Waals surface area (Å²) in [5, 5.41) is 2.70. The molecule has 9 heteroatoms. The summed E-state index contributed by atoms with van der Waals surface area (Å²) in [6.07, 6.45) is 0.241. The maximum Gasteiger partial charge on any atom is 0.264 e. The van der Waals surface area contributed by atoms with Crippen molar-refractivity contribution in [3.05, 3.63) is 125 Å². The summed E-state index contributed by atoms with van der Waals surface area (Å²) in [6, 6.07) is 29.2. The maximum atomic E-state index is 14.4. The maximum absolute atomic E-state index is 14.4. The van der Waals surface area contributed by atoms with Crippen LogP contribution >= 0.6 is 0 Å². The smallest absolute Gasteiger partial charge is 0.264 e. The van der Waals surface area contributed by atoms with Crippen molar-refractivity contribution in [1.82, 2.24) is 10.2 Å². The second kappa shape index (κ2) is 14.0. The number of hydrogen-bond donors (Lipinski definition) is 1. The molecule has 1 atom stereocenters. The average Bonchev–Trinajstić information content (AvgIpc) is 3.02. The number of likely N-dealkylation sites (N-methyl/N-ethyl adjacent to an activating group) is 1. The van der Waals surface area contributed by atoms with Crippen LogP contribution in [0.5, 0.6) is 5.75 Å². The number of amides is 2. The van der Waals surface area contributed by atoms with Gasteiger partial charge in [-0.25, -0.2) is 8.42 Å². The lowest BCUT2D eigenvalue weighted by Crippen LogP contribution is -2.53. The number of ether oxygens (including phenoxy) is 1. The van der Waals surface area contributed by atoms with E-state index in [0.717, 1.165) is 21.0 Å². The number of methoxy groups -OCH3 is 1. The number of carbonyl (C=O) groups excluding carboxylic acids is 2. The highest BCUT2D eigenvalue weighted by atomic mass is 32.2. The van der Waals surface area contributed by atoms with Crippen LogP contribution in [0.4, 0.5) is 5.69 Å². The summed E-state index contributed by atoms with van der Waals surface area (Å²) in [5.41, 5.74) is 3.66. The molecule has 224 valence electrons. The van der Waals surface area contributed by atoms with Gasteiger partial charge < -0.3 is 15.0 Å². The molecule has 0 aliphatic carbocycles. The van der Waals surface area contributed by atoms with Gasteiger partial charge in [0.15, 0.2) is 0 Å². The molecule has 0 unspecified atom stereocenters. The van der Waals surface area contributed by atoms with Crippen LogP contribution in [-0.4, -0.2) is 51.9 Å². The van der Waals surface area contributed by atoms with Gasteiger partial charge in [0.2, 0.25) is 11.8 Å². The van der Waals surface area contributed by atoms with Crippen LogP contribution in [-0.2, 0) is 32.6 Å². The molecule has 4 rings (SSSR count). The highest BCUT2D eigenvalue weighted by Crippen LogP contribution is 2.28. The molecule has 0 aliphatic rings. The minimum Gasteiger partial charge on any atom is -0.497 e. The van der Waals surface area contributed by atoms with Gasteiger partial charge in [-0.1, -0.05) is 78.4 Å². The van der Waals surface area contributed by atoms with Crippen molar-refractivity contribution in [1.29, 1.82) is 0 Å². The lowest BCUT2D eigenvalue weighted by molar-refractivity contribution is -0.139. The Balaban J connectivity index is 1.81. The number of nitrogens with one attached hydrogen (secondary N) is 1. The normalized spacial score (nSPS) is 11.8. The topological polar surface area (TPSA) is 96.0 Å². The fourth-order valence-electron chi connectivity index (χ4n) is 5.01. The van der Waals surface area contributed by atoms with E-state index in [4.69, 9.17) is 4.74 Å². The van der Waals surface area contributed by atoms with Gasteiger partial charge in [-0.15, -0.1) is 0 Å². The van der Waals surface area contributed by atoms with Crippen LogP contribution in [0.2, 0.25) is 0 Å². The molecule has 1 N–H and O–H groups in total. The zero-order valence-electron chi connectivity index (χ0n) is 24.9. The number of rotatable bonds is 12. The Morgan fingerprint density at radius 3 is 2.12 bits per heavy atom. The van der Waals surface area contributed by atoms with Crippen LogP contribution < -0.4 is 14.4 Å². The third kappa shape index (κ3) is 7.61. The molecule has 43 heavy (non-hydrogen) atoms. The molecule has 0 heterocycles. The molecule has 2 amide bonds. The molecule has 0 spiro atoms. The second-order valence-corrected chi connectivity index (χ2v) is 12.2. The predicted octanol–water partition coefficient (Wildman–Crippen LogP) is 4.89. The van der Waals surface area contributed by atoms with Crippen LogP contribution in [0, 0.1) is 13.8 Å². The molecule has 4 aromatic rings. The summed E-state index contributed by atoms with van der Waals surface area (Å²) >= 11 is 0. The molecular formula is C34H37N3O5S. The summed E-state index contributed by atoms with van der Waals surface area (Å²) in [5.74, 6) is -0.274. The fraction of sp³-hybridized carbons (Fsp3) is 0.235. The molecule has 0 saturated carbocycles. The zero-order chi connectivity index (χ0) is 31.0. The number of sulfonamides is 1. The summed E-state index contributed by atoms with van der Waals surface area (Å²) in [7, 11) is -1.07. The van der Waals surface area contributed by atoms with E-state index in [1.807, 2.05) is 68.4 Å². The van der Waals surface area contributed by atoms with E-state index in [1.165, 1.54) is 24.1 Å². The van der Waals surface area contributed by atoms with Gasteiger partial charge in [-0.3, -0.25) is 13.9 Å². The van der Waals surface area contributed by atoms with Crippen LogP contribution in [0.15, 0.2) is 108 Å². The van der Waals surface area contributed by atoms with E-state index >= 15 is 0 Å². The van der Waals surface area contributed by atoms with E-state index in [0.29, 0.717) is 17.0 Å². The van der Waals surface area contributed by atoms with Gasteiger partial charge in [0.1, 0.15) is 18.3 Å². The Kier molecular flexibility index (Phi) is 10.2. The van der Waals surface area contributed by atoms with Crippen molar-refractivity contribution < 1.29 is 22.7 Å². The quantitative estimate of drug-likeness (QED) is 0.250. The van der Waals surface area contributed by atoms with Crippen molar-refractivity contribution >= 4 is 27.5 Å². The van der Waals surface area contributed by atoms with E-state index < -0.39 is 28.5 Å². The molecule has 0 saturated heterocycles. The highest BCUT2D eigenvalue weighted by molar-refractivity contribution is 7.92. The zero-order valence-corrected chi connectivity index (χ0v) is 25.7. The Labute approximate surface area is 254 Å². The SMILES string of the molecule is CNC(=O)[C@H](Cc1ccccc1)N(Cc1cccc(OC)c1)C(=O)CN(c1ccc(C)cc1C)S(=O)(=O)c1ccccc1. The van der Waals surface area contributed by atoms with Gasteiger partial charge >= 0.3 is 0 Å². The lowest BCUT2D eigenvalue weighted by Gasteiger charge is -2.34. The largest absolute Gasteiger partial charge is 0.497 e. The summed E-state index contributed by atoms with van der Waals surface area (Å²) in [4.78, 5) is 29.3. The first-order chi connectivity index (χ1) is 20.6. The number of aryl methyl sites for hydroxylation is 2. The fourth-order valence-corrected chi connectivity index (χ4v) is 6.51. The number of carbonyl (C=O) groups is 2. The Hall–Kier alpha value is -4.63. The van der Waals surface area contributed by atoms with Gasteiger partial charge in [0.05, 0.1) is 17.7 Å². The number of benzene rings is 4. The van der Waals surface area contributed by atoms with Crippen molar-refractivity contribution in [2.24, 2.45) is 0 Å². The van der Waals surface area contributed by atoms with Crippen LogP contribution in [0.3, 0.4) is 0 Å².